The highest BCUT2D eigenvalue weighted by molar-refractivity contribution is 5.94. The third-order valence-electron chi connectivity index (χ3n) is 2.28. The van der Waals surface area contributed by atoms with Gasteiger partial charge in [0, 0.05) is 6.54 Å². The lowest BCUT2D eigenvalue weighted by Crippen LogP contribution is -2.36. The SMILES string of the molecule is CCCCN=C(NN)Nc1ccccc1OC(F)(F)F. The van der Waals surface area contributed by atoms with Crippen molar-refractivity contribution < 1.29 is 17.9 Å². The van der Waals surface area contributed by atoms with Gasteiger partial charge in [0.2, 0.25) is 5.96 Å². The van der Waals surface area contributed by atoms with Gasteiger partial charge in [-0.05, 0) is 18.6 Å². The number of anilines is 1. The summed E-state index contributed by atoms with van der Waals surface area (Å²) < 4.78 is 40.7. The van der Waals surface area contributed by atoms with E-state index in [1.807, 2.05) is 6.92 Å². The summed E-state index contributed by atoms with van der Waals surface area (Å²) in [6, 6.07) is 5.66. The van der Waals surface area contributed by atoms with Crippen LogP contribution in [0.3, 0.4) is 0 Å². The minimum Gasteiger partial charge on any atom is -0.404 e. The number of rotatable bonds is 5. The number of hydrogen-bond acceptors (Lipinski definition) is 3. The molecule has 0 spiro atoms. The maximum Gasteiger partial charge on any atom is 0.573 e. The Hall–Kier alpha value is -1.96. The molecule has 1 aromatic rings. The van der Waals surface area contributed by atoms with Crippen LogP contribution < -0.4 is 21.3 Å². The van der Waals surface area contributed by atoms with Crippen molar-refractivity contribution in [1.82, 2.24) is 5.43 Å². The van der Waals surface area contributed by atoms with E-state index < -0.39 is 6.36 Å². The number of nitrogens with one attached hydrogen (secondary N) is 2. The maximum absolute atomic E-state index is 12.3. The summed E-state index contributed by atoms with van der Waals surface area (Å²) in [7, 11) is 0. The molecule has 0 radical (unpaired) electrons. The molecule has 0 aliphatic carbocycles. The van der Waals surface area contributed by atoms with Crippen LogP contribution in [0, 0.1) is 0 Å². The number of benzene rings is 1. The van der Waals surface area contributed by atoms with Gasteiger partial charge in [-0.15, -0.1) is 13.2 Å². The second-order valence-corrected chi connectivity index (χ2v) is 3.90. The average molecular weight is 290 g/mol. The van der Waals surface area contributed by atoms with Gasteiger partial charge in [0.05, 0.1) is 5.69 Å². The molecule has 0 aliphatic rings. The fourth-order valence-electron chi connectivity index (χ4n) is 1.38. The molecular weight excluding hydrogens is 273 g/mol. The maximum atomic E-state index is 12.3. The summed E-state index contributed by atoms with van der Waals surface area (Å²) in [4.78, 5) is 4.10. The van der Waals surface area contributed by atoms with Crippen molar-refractivity contribution in [3.05, 3.63) is 24.3 Å². The number of ether oxygens (including phenoxy) is 1. The molecule has 0 fully saturated rings. The smallest absolute Gasteiger partial charge is 0.404 e. The van der Waals surface area contributed by atoms with Gasteiger partial charge in [-0.25, -0.2) is 5.84 Å². The Bertz CT molecular complexity index is 449. The van der Waals surface area contributed by atoms with Crippen LogP contribution in [0.4, 0.5) is 18.9 Å². The molecule has 0 saturated carbocycles. The number of guanidine groups is 1. The first-order valence-corrected chi connectivity index (χ1v) is 6.09. The molecule has 0 unspecified atom stereocenters. The monoisotopic (exact) mass is 290 g/mol. The molecule has 0 bridgehead atoms. The van der Waals surface area contributed by atoms with E-state index >= 15 is 0 Å². The van der Waals surface area contributed by atoms with Crippen molar-refractivity contribution in [2.45, 2.75) is 26.1 Å². The second-order valence-electron chi connectivity index (χ2n) is 3.90. The van der Waals surface area contributed by atoms with Crippen molar-refractivity contribution in [3.8, 4) is 5.75 Å². The zero-order valence-electron chi connectivity index (χ0n) is 11.0. The third kappa shape index (κ3) is 5.79. The quantitative estimate of drug-likeness (QED) is 0.256. The summed E-state index contributed by atoms with van der Waals surface area (Å²) in [6.45, 7) is 2.52. The van der Waals surface area contributed by atoms with Gasteiger partial charge < -0.3 is 10.1 Å². The molecule has 5 nitrogen and oxygen atoms in total. The highest BCUT2D eigenvalue weighted by Crippen LogP contribution is 2.29. The Labute approximate surface area is 115 Å². The van der Waals surface area contributed by atoms with E-state index in [1.54, 1.807) is 6.07 Å². The highest BCUT2D eigenvalue weighted by Gasteiger charge is 2.32. The number of hydrogen-bond donors (Lipinski definition) is 3. The number of nitrogens with two attached hydrogens (primary N) is 1. The lowest BCUT2D eigenvalue weighted by molar-refractivity contribution is -0.274. The molecule has 0 heterocycles. The van der Waals surface area contributed by atoms with E-state index in [1.165, 1.54) is 18.2 Å². The van der Waals surface area contributed by atoms with Crippen LogP contribution in [-0.2, 0) is 0 Å². The van der Waals surface area contributed by atoms with E-state index in [0.717, 1.165) is 12.8 Å². The number of hydrazine groups is 1. The molecule has 0 saturated heterocycles. The summed E-state index contributed by atoms with van der Waals surface area (Å²) in [6.07, 6.45) is -2.95. The number of halogens is 3. The van der Waals surface area contributed by atoms with Crippen LogP contribution in [-0.4, -0.2) is 18.9 Å². The number of alkyl halides is 3. The minimum atomic E-state index is -4.76. The Balaban J connectivity index is 2.82. The van der Waals surface area contributed by atoms with Crippen LogP contribution in [0.1, 0.15) is 19.8 Å². The van der Waals surface area contributed by atoms with Gasteiger partial charge in [-0.3, -0.25) is 10.4 Å². The molecule has 1 rings (SSSR count). The van der Waals surface area contributed by atoms with Crippen molar-refractivity contribution >= 4 is 11.6 Å². The molecule has 1 aromatic carbocycles. The molecular formula is C12H17F3N4O. The van der Waals surface area contributed by atoms with Crippen molar-refractivity contribution in [1.29, 1.82) is 0 Å². The van der Waals surface area contributed by atoms with Gasteiger partial charge in [0.25, 0.3) is 0 Å². The summed E-state index contributed by atoms with van der Waals surface area (Å²) in [5.74, 6) is 5.10. The Morgan fingerprint density at radius 3 is 2.65 bits per heavy atom. The van der Waals surface area contributed by atoms with E-state index in [2.05, 4.69) is 20.5 Å². The standard InChI is InChI=1S/C12H17F3N4O/c1-2-3-8-17-11(19-16)18-9-6-4-5-7-10(9)20-12(13,14)15/h4-7H,2-3,8,16H2,1H3,(H2,17,18,19). The predicted octanol–water partition coefficient (Wildman–Crippen LogP) is 2.62. The van der Waals surface area contributed by atoms with Gasteiger partial charge >= 0.3 is 6.36 Å². The molecule has 8 heteroatoms. The topological polar surface area (TPSA) is 71.7 Å². The van der Waals surface area contributed by atoms with Crippen LogP contribution in [0.25, 0.3) is 0 Å². The fourth-order valence-corrected chi connectivity index (χ4v) is 1.38. The van der Waals surface area contributed by atoms with Gasteiger partial charge in [0.15, 0.2) is 5.75 Å². The van der Waals surface area contributed by atoms with Crippen molar-refractivity contribution in [2.24, 2.45) is 10.8 Å². The van der Waals surface area contributed by atoms with Gasteiger partial charge in [-0.2, -0.15) is 0 Å². The number of aliphatic imine (C=N–C) groups is 1. The summed E-state index contributed by atoms with van der Waals surface area (Å²) in [5.41, 5.74) is 2.42. The largest absolute Gasteiger partial charge is 0.573 e. The van der Waals surface area contributed by atoms with E-state index in [-0.39, 0.29) is 17.4 Å². The molecule has 0 aliphatic heterocycles. The first-order valence-electron chi connectivity index (χ1n) is 6.09. The van der Waals surface area contributed by atoms with E-state index in [4.69, 9.17) is 5.84 Å². The predicted molar refractivity (Wildman–Crippen MR) is 71.3 cm³/mol. The Kier molecular flexibility index (Phi) is 6.10. The van der Waals surface area contributed by atoms with Crippen molar-refractivity contribution in [3.63, 3.8) is 0 Å². The fraction of sp³-hybridized carbons (Fsp3) is 0.417. The minimum absolute atomic E-state index is 0.123. The zero-order valence-corrected chi connectivity index (χ0v) is 11.0. The zero-order chi connectivity index (χ0) is 15.0. The van der Waals surface area contributed by atoms with E-state index in [9.17, 15) is 13.2 Å². The average Bonchev–Trinajstić information content (AvgIpc) is 2.38. The van der Waals surface area contributed by atoms with Gasteiger partial charge in [0.1, 0.15) is 0 Å². The number of unbranched alkanes of at least 4 members (excludes halogenated alkanes) is 1. The van der Waals surface area contributed by atoms with E-state index in [0.29, 0.717) is 6.54 Å². The molecule has 0 atom stereocenters. The molecule has 20 heavy (non-hydrogen) atoms. The Morgan fingerprint density at radius 1 is 1.35 bits per heavy atom. The van der Waals surface area contributed by atoms with Crippen LogP contribution in [0.5, 0.6) is 5.75 Å². The normalized spacial score (nSPS) is 12.2. The molecule has 112 valence electrons. The van der Waals surface area contributed by atoms with Crippen molar-refractivity contribution in [2.75, 3.05) is 11.9 Å². The molecule has 0 amide bonds. The summed E-state index contributed by atoms with van der Waals surface area (Å²) >= 11 is 0. The molecule has 4 N–H and O–H groups in total. The molecule has 0 aromatic heterocycles. The van der Waals surface area contributed by atoms with Crippen LogP contribution in [0.15, 0.2) is 29.3 Å². The van der Waals surface area contributed by atoms with Crippen LogP contribution >= 0.6 is 0 Å². The second kappa shape index (κ2) is 7.59. The first-order chi connectivity index (χ1) is 9.46. The Morgan fingerprint density at radius 2 is 2.05 bits per heavy atom. The lowest BCUT2D eigenvalue weighted by atomic mass is 10.3. The first kappa shape index (κ1) is 16.1. The summed E-state index contributed by atoms with van der Waals surface area (Å²) in [5, 5.41) is 2.67. The third-order valence-corrected chi connectivity index (χ3v) is 2.28. The lowest BCUT2D eigenvalue weighted by Gasteiger charge is -2.15. The number of para-hydroxylation sites is 2. The highest BCUT2D eigenvalue weighted by atomic mass is 19.4. The van der Waals surface area contributed by atoms with Crippen LogP contribution in [0.2, 0.25) is 0 Å². The number of nitrogens with zero attached hydrogens (tertiary/aromatic N) is 1. The van der Waals surface area contributed by atoms with Gasteiger partial charge in [-0.1, -0.05) is 25.5 Å².